The lowest BCUT2D eigenvalue weighted by Crippen LogP contribution is -2.40. The molecule has 2 N–H and O–H groups in total. The SMILES string of the molecule is CN(C)[C@@H](C(=O)N1CCC[C@H]1c1nc2ccc(C(=O)c3ccc4nc([C@@H]5CCCN5C(=O)[C@@H](c5ccccc5)N(C)C)[nH]c4c3)cc2[nH]1)c1ccccc1. The third-order valence-corrected chi connectivity index (χ3v) is 11.0. The Balaban J connectivity index is 1.01. The third-order valence-electron chi connectivity index (χ3n) is 11.0. The van der Waals surface area contributed by atoms with Gasteiger partial charge in [0, 0.05) is 24.2 Å². The van der Waals surface area contributed by atoms with Gasteiger partial charge in [-0.3, -0.25) is 24.2 Å². The summed E-state index contributed by atoms with van der Waals surface area (Å²) in [6.45, 7) is 1.33. The van der Waals surface area contributed by atoms with Crippen LogP contribution in [0.4, 0.5) is 0 Å². The number of amides is 2. The molecule has 11 nitrogen and oxygen atoms in total. The summed E-state index contributed by atoms with van der Waals surface area (Å²) in [4.78, 5) is 66.4. The molecule has 2 aromatic heterocycles. The van der Waals surface area contributed by atoms with E-state index in [-0.39, 0.29) is 29.7 Å². The molecule has 0 bridgehead atoms. The van der Waals surface area contributed by atoms with Crippen LogP contribution in [0.2, 0.25) is 0 Å². The van der Waals surface area contributed by atoms with E-state index in [2.05, 4.69) is 9.97 Å². The molecule has 0 saturated carbocycles. The van der Waals surface area contributed by atoms with E-state index in [1.54, 1.807) is 0 Å². The highest BCUT2D eigenvalue weighted by atomic mass is 16.2. The smallest absolute Gasteiger partial charge is 0.245 e. The molecule has 0 spiro atoms. The molecule has 2 fully saturated rings. The summed E-state index contributed by atoms with van der Waals surface area (Å²) in [5.74, 6) is 1.46. The maximum Gasteiger partial charge on any atom is 0.245 e. The van der Waals surface area contributed by atoms with E-state index in [1.165, 1.54) is 0 Å². The minimum atomic E-state index is -0.390. The number of nitrogens with zero attached hydrogens (tertiary/aromatic N) is 6. The molecule has 2 aliphatic heterocycles. The molecule has 2 saturated heterocycles. The van der Waals surface area contributed by atoms with Gasteiger partial charge in [0.2, 0.25) is 11.8 Å². The summed E-state index contributed by atoms with van der Waals surface area (Å²) < 4.78 is 0. The van der Waals surface area contributed by atoms with E-state index in [9.17, 15) is 14.4 Å². The third kappa shape index (κ3) is 6.58. The van der Waals surface area contributed by atoms with Gasteiger partial charge in [-0.1, -0.05) is 60.7 Å². The van der Waals surface area contributed by atoms with Crippen LogP contribution in [0.25, 0.3) is 22.1 Å². The number of nitrogens with one attached hydrogen (secondary N) is 2. The van der Waals surface area contributed by atoms with E-state index < -0.39 is 12.1 Å². The number of H-pyrrole nitrogens is 2. The van der Waals surface area contributed by atoms with Gasteiger partial charge in [0.1, 0.15) is 23.7 Å². The van der Waals surface area contributed by atoms with Crippen molar-refractivity contribution in [2.75, 3.05) is 41.3 Å². The molecule has 276 valence electrons. The number of hydrogen-bond acceptors (Lipinski definition) is 7. The van der Waals surface area contributed by atoms with Crippen LogP contribution >= 0.6 is 0 Å². The Labute approximate surface area is 315 Å². The molecule has 54 heavy (non-hydrogen) atoms. The van der Waals surface area contributed by atoms with Crippen LogP contribution in [0.15, 0.2) is 97.1 Å². The van der Waals surface area contributed by atoms with Crippen LogP contribution in [0.1, 0.15) is 88.5 Å². The van der Waals surface area contributed by atoms with Gasteiger partial charge in [-0.15, -0.1) is 0 Å². The number of likely N-dealkylation sites (N-methyl/N-ethyl adjacent to an activating group) is 2. The van der Waals surface area contributed by atoms with Gasteiger partial charge in [-0.2, -0.15) is 0 Å². The van der Waals surface area contributed by atoms with E-state index in [1.807, 2.05) is 145 Å². The molecular formula is C43H46N8O3. The van der Waals surface area contributed by atoms with Gasteiger partial charge in [-0.25, -0.2) is 9.97 Å². The number of carbonyl (C=O) groups excluding carboxylic acids is 3. The highest BCUT2D eigenvalue weighted by Gasteiger charge is 2.38. The number of rotatable bonds is 10. The van der Waals surface area contributed by atoms with Crippen molar-refractivity contribution in [3.05, 3.63) is 131 Å². The first-order chi connectivity index (χ1) is 26.2. The Hall–Kier alpha value is -5.65. The molecule has 6 aromatic rings. The van der Waals surface area contributed by atoms with E-state index >= 15 is 0 Å². The van der Waals surface area contributed by atoms with Crippen LogP contribution in [-0.4, -0.2) is 98.4 Å². The average Bonchev–Trinajstić information content (AvgIpc) is 4.00. The van der Waals surface area contributed by atoms with Gasteiger partial charge >= 0.3 is 0 Å². The van der Waals surface area contributed by atoms with Gasteiger partial charge in [0.25, 0.3) is 0 Å². The number of likely N-dealkylation sites (tertiary alicyclic amines) is 2. The normalized spacial score (nSPS) is 18.6. The second-order valence-corrected chi connectivity index (χ2v) is 15.0. The van der Waals surface area contributed by atoms with Crippen molar-refractivity contribution >= 4 is 39.7 Å². The summed E-state index contributed by atoms with van der Waals surface area (Å²) in [7, 11) is 7.74. The summed E-state index contributed by atoms with van der Waals surface area (Å²) in [6.07, 6.45) is 3.41. The second-order valence-electron chi connectivity index (χ2n) is 15.0. The van der Waals surface area contributed by atoms with E-state index in [0.29, 0.717) is 24.2 Å². The number of aromatic amines is 2. The molecule has 4 aromatic carbocycles. The fourth-order valence-electron chi connectivity index (χ4n) is 8.36. The van der Waals surface area contributed by atoms with E-state index in [0.717, 1.165) is 70.5 Å². The summed E-state index contributed by atoms with van der Waals surface area (Å²) in [6, 6.07) is 29.7. The first-order valence-corrected chi connectivity index (χ1v) is 18.8. The van der Waals surface area contributed by atoms with Crippen molar-refractivity contribution < 1.29 is 14.4 Å². The van der Waals surface area contributed by atoms with Crippen molar-refractivity contribution in [1.29, 1.82) is 0 Å². The highest BCUT2D eigenvalue weighted by molar-refractivity contribution is 6.11. The van der Waals surface area contributed by atoms with Crippen LogP contribution in [0.5, 0.6) is 0 Å². The maximum absolute atomic E-state index is 14.0. The molecule has 0 radical (unpaired) electrons. The molecule has 4 heterocycles. The van der Waals surface area contributed by atoms with Crippen LogP contribution in [-0.2, 0) is 9.59 Å². The molecule has 4 atom stereocenters. The maximum atomic E-state index is 14.0. The zero-order chi connectivity index (χ0) is 37.5. The molecule has 0 unspecified atom stereocenters. The monoisotopic (exact) mass is 722 g/mol. The number of fused-ring (bicyclic) bond motifs is 2. The Morgan fingerprint density at radius 3 is 1.41 bits per heavy atom. The van der Waals surface area contributed by atoms with Crippen molar-refractivity contribution in [3.63, 3.8) is 0 Å². The molecule has 2 aliphatic rings. The summed E-state index contributed by atoms with van der Waals surface area (Å²) in [5.41, 5.74) is 6.01. The fourth-order valence-corrected chi connectivity index (χ4v) is 8.36. The fraction of sp³-hybridized carbons (Fsp3) is 0.326. The molecule has 8 rings (SSSR count). The van der Waals surface area contributed by atoms with Gasteiger partial charge in [0.15, 0.2) is 5.78 Å². The Morgan fingerprint density at radius 1 is 0.611 bits per heavy atom. The predicted octanol–water partition coefficient (Wildman–Crippen LogP) is 6.60. The lowest BCUT2D eigenvalue weighted by atomic mass is 10.0. The quantitative estimate of drug-likeness (QED) is 0.153. The van der Waals surface area contributed by atoms with E-state index in [4.69, 9.17) is 9.97 Å². The van der Waals surface area contributed by atoms with Gasteiger partial charge in [-0.05, 0) is 101 Å². The summed E-state index contributed by atoms with van der Waals surface area (Å²) >= 11 is 0. The average molecular weight is 723 g/mol. The Kier molecular flexibility index (Phi) is 9.59. The number of ketones is 1. The number of aromatic nitrogens is 4. The minimum absolute atomic E-state index is 0.0551. The first-order valence-electron chi connectivity index (χ1n) is 18.8. The number of benzene rings is 4. The number of imidazole rings is 2. The first kappa shape index (κ1) is 35.4. The zero-order valence-electron chi connectivity index (χ0n) is 31.2. The Morgan fingerprint density at radius 2 is 1.02 bits per heavy atom. The lowest BCUT2D eigenvalue weighted by molar-refractivity contribution is -0.138. The van der Waals surface area contributed by atoms with Crippen LogP contribution in [0, 0.1) is 0 Å². The highest BCUT2D eigenvalue weighted by Crippen LogP contribution is 2.37. The summed E-state index contributed by atoms with van der Waals surface area (Å²) in [5, 5.41) is 0. The minimum Gasteiger partial charge on any atom is -0.340 e. The topological polar surface area (TPSA) is 122 Å². The van der Waals surface area contributed by atoms with Gasteiger partial charge < -0.3 is 19.8 Å². The molecule has 0 aliphatic carbocycles. The standard InChI is InChI=1S/C43H46N8O3/c1-48(2)37(27-13-7-5-8-14-27)42(53)50-23-11-17-35(50)40-44-31-21-19-29(25-33(31)46-40)39(52)30-20-22-32-34(26-30)47-41(45-32)36-18-12-24-51(36)43(54)38(49(3)4)28-15-9-6-10-16-28/h5-10,13-16,19-22,25-26,35-38H,11-12,17-18,23-24H2,1-4H3,(H,44,46)(H,45,47)/t35-,36-,37+,38+/m0/s1. The van der Waals surface area contributed by atoms with Crippen molar-refractivity contribution in [2.45, 2.75) is 49.9 Å². The number of carbonyl (C=O) groups is 3. The van der Waals surface area contributed by atoms with Crippen molar-refractivity contribution in [3.8, 4) is 0 Å². The second kappa shape index (κ2) is 14.6. The van der Waals surface area contributed by atoms with Crippen LogP contribution < -0.4 is 0 Å². The van der Waals surface area contributed by atoms with Crippen LogP contribution in [0.3, 0.4) is 0 Å². The lowest BCUT2D eigenvalue weighted by Gasteiger charge is -2.31. The molecule has 11 heteroatoms. The molecule has 2 amide bonds. The van der Waals surface area contributed by atoms with Crippen molar-refractivity contribution in [1.82, 2.24) is 39.5 Å². The predicted molar refractivity (Wildman–Crippen MR) is 209 cm³/mol. The zero-order valence-corrected chi connectivity index (χ0v) is 31.2. The number of hydrogen-bond donors (Lipinski definition) is 2. The van der Waals surface area contributed by atoms with Crippen molar-refractivity contribution in [2.24, 2.45) is 0 Å². The largest absolute Gasteiger partial charge is 0.340 e. The Bertz CT molecular complexity index is 2150. The van der Waals surface area contributed by atoms with Gasteiger partial charge in [0.05, 0.1) is 34.2 Å². The molecular weight excluding hydrogens is 677 g/mol.